The molecular weight excluding hydrogens is 240 g/mol. The van der Waals surface area contributed by atoms with Gasteiger partial charge in [0.15, 0.2) is 0 Å². The zero-order valence-electron chi connectivity index (χ0n) is 11.9. The molecule has 104 valence electrons. The van der Waals surface area contributed by atoms with Crippen LogP contribution in [-0.2, 0) is 4.79 Å². The first kappa shape index (κ1) is 13.6. The van der Waals surface area contributed by atoms with Crippen molar-refractivity contribution in [1.29, 1.82) is 0 Å². The van der Waals surface area contributed by atoms with Crippen LogP contribution in [0.3, 0.4) is 0 Å². The van der Waals surface area contributed by atoms with Gasteiger partial charge in [-0.25, -0.2) is 0 Å². The zero-order valence-corrected chi connectivity index (χ0v) is 11.9. The number of carbonyl (C=O) groups is 1. The van der Waals surface area contributed by atoms with Crippen molar-refractivity contribution in [3.63, 3.8) is 0 Å². The molecule has 2 rings (SSSR count). The Balaban J connectivity index is 2.23. The first-order chi connectivity index (χ1) is 9.05. The highest BCUT2D eigenvalue weighted by atomic mass is 16.2. The van der Waals surface area contributed by atoms with E-state index in [0.29, 0.717) is 6.54 Å². The van der Waals surface area contributed by atoms with Crippen molar-refractivity contribution >= 4 is 17.3 Å². The third kappa shape index (κ3) is 2.80. The van der Waals surface area contributed by atoms with Crippen molar-refractivity contribution < 1.29 is 4.79 Å². The molecule has 0 aromatic carbocycles. The Morgan fingerprint density at radius 3 is 3.00 bits per heavy atom. The molecule has 1 aromatic rings. The molecule has 0 bridgehead atoms. The first-order valence-corrected chi connectivity index (χ1v) is 6.80. The van der Waals surface area contributed by atoms with E-state index in [9.17, 15) is 4.79 Å². The minimum absolute atomic E-state index is 0.0608. The number of amides is 1. The Hall–Kier alpha value is -1.78. The van der Waals surface area contributed by atoms with E-state index < -0.39 is 5.54 Å². The summed E-state index contributed by atoms with van der Waals surface area (Å²) in [5.74, 6) is 0.0608. The van der Waals surface area contributed by atoms with Gasteiger partial charge in [-0.15, -0.1) is 0 Å². The monoisotopic (exact) mass is 262 g/mol. The molecular formula is C14H22N4O. The van der Waals surface area contributed by atoms with Gasteiger partial charge in [0.25, 0.3) is 0 Å². The van der Waals surface area contributed by atoms with E-state index in [-0.39, 0.29) is 5.91 Å². The third-order valence-corrected chi connectivity index (χ3v) is 3.47. The predicted octanol–water partition coefficient (Wildman–Crippen LogP) is 1.62. The van der Waals surface area contributed by atoms with Gasteiger partial charge in [0, 0.05) is 19.6 Å². The van der Waals surface area contributed by atoms with Crippen molar-refractivity contribution in [3.05, 3.63) is 18.5 Å². The molecule has 5 heteroatoms. The molecule has 1 aliphatic heterocycles. The van der Waals surface area contributed by atoms with E-state index in [1.54, 1.807) is 0 Å². The van der Waals surface area contributed by atoms with Crippen molar-refractivity contribution in [1.82, 2.24) is 10.3 Å². The van der Waals surface area contributed by atoms with Crippen LogP contribution in [0.25, 0.3) is 0 Å². The van der Waals surface area contributed by atoms with Crippen LogP contribution < -0.4 is 15.5 Å². The molecule has 0 aliphatic carbocycles. The predicted molar refractivity (Wildman–Crippen MR) is 77.5 cm³/mol. The molecule has 1 saturated heterocycles. The number of aromatic nitrogens is 1. The maximum Gasteiger partial charge on any atom is 0.245 e. The fourth-order valence-corrected chi connectivity index (χ4v) is 2.29. The van der Waals surface area contributed by atoms with Gasteiger partial charge in [0.1, 0.15) is 5.54 Å². The molecule has 1 aliphatic rings. The number of rotatable bonds is 4. The normalized spacial score (nSPS) is 18.1. The second kappa shape index (κ2) is 5.47. The highest BCUT2D eigenvalue weighted by Gasteiger charge is 2.37. The number of piperazine rings is 1. The molecule has 0 atom stereocenters. The van der Waals surface area contributed by atoms with E-state index in [2.05, 4.69) is 33.5 Å². The van der Waals surface area contributed by atoms with Crippen molar-refractivity contribution in [2.75, 3.05) is 29.9 Å². The van der Waals surface area contributed by atoms with Crippen molar-refractivity contribution in [3.8, 4) is 0 Å². The third-order valence-electron chi connectivity index (χ3n) is 3.47. The van der Waals surface area contributed by atoms with Gasteiger partial charge in [-0.1, -0.05) is 6.92 Å². The van der Waals surface area contributed by atoms with Gasteiger partial charge in [-0.05, 0) is 26.3 Å². The molecule has 0 unspecified atom stereocenters. The number of nitrogens with zero attached hydrogens (tertiary/aromatic N) is 2. The minimum Gasteiger partial charge on any atom is -0.384 e. The number of hydrogen-bond acceptors (Lipinski definition) is 4. The summed E-state index contributed by atoms with van der Waals surface area (Å²) in [5.41, 5.74) is 1.45. The van der Waals surface area contributed by atoms with Crippen LogP contribution in [0, 0.1) is 0 Å². The van der Waals surface area contributed by atoms with Crippen LogP contribution in [0.2, 0.25) is 0 Å². The van der Waals surface area contributed by atoms with E-state index >= 15 is 0 Å². The molecule has 1 amide bonds. The Morgan fingerprint density at radius 2 is 2.26 bits per heavy atom. The standard InChI is InChI=1S/C14H22N4O/c1-4-5-16-11-8-12(10-15-9-11)18-7-6-17-13(19)14(18,2)3/h8-10,16H,4-7H2,1-3H3,(H,17,19). The molecule has 0 saturated carbocycles. The average Bonchev–Trinajstić information content (AvgIpc) is 2.40. The second-order valence-corrected chi connectivity index (χ2v) is 5.33. The molecule has 0 spiro atoms. The van der Waals surface area contributed by atoms with Crippen LogP contribution in [0.1, 0.15) is 27.2 Å². The van der Waals surface area contributed by atoms with E-state index in [4.69, 9.17) is 0 Å². The van der Waals surface area contributed by atoms with Crippen LogP contribution >= 0.6 is 0 Å². The SMILES string of the molecule is CCCNc1cncc(N2CCNC(=O)C2(C)C)c1. The Morgan fingerprint density at radius 1 is 1.47 bits per heavy atom. The van der Waals surface area contributed by atoms with Crippen LogP contribution in [0.4, 0.5) is 11.4 Å². The fourth-order valence-electron chi connectivity index (χ4n) is 2.29. The molecule has 19 heavy (non-hydrogen) atoms. The highest BCUT2D eigenvalue weighted by molar-refractivity contribution is 5.90. The summed E-state index contributed by atoms with van der Waals surface area (Å²) in [6, 6.07) is 2.06. The molecule has 0 radical (unpaired) electrons. The van der Waals surface area contributed by atoms with Gasteiger partial charge >= 0.3 is 0 Å². The summed E-state index contributed by atoms with van der Waals surface area (Å²) in [4.78, 5) is 18.3. The summed E-state index contributed by atoms with van der Waals surface area (Å²) in [6.07, 6.45) is 4.70. The quantitative estimate of drug-likeness (QED) is 0.865. The lowest BCUT2D eigenvalue weighted by Gasteiger charge is -2.42. The molecule has 2 heterocycles. The summed E-state index contributed by atoms with van der Waals surface area (Å²) in [7, 11) is 0. The maximum atomic E-state index is 12.0. The lowest BCUT2D eigenvalue weighted by Crippen LogP contribution is -2.62. The van der Waals surface area contributed by atoms with Gasteiger partial charge in [-0.2, -0.15) is 0 Å². The summed E-state index contributed by atoms with van der Waals surface area (Å²) in [6.45, 7) is 8.41. The van der Waals surface area contributed by atoms with Gasteiger partial charge in [-0.3, -0.25) is 9.78 Å². The number of anilines is 2. The summed E-state index contributed by atoms with van der Waals surface area (Å²) in [5, 5.41) is 6.23. The van der Waals surface area contributed by atoms with Crippen LogP contribution in [-0.4, -0.2) is 36.1 Å². The number of carbonyl (C=O) groups excluding carboxylic acids is 1. The molecule has 5 nitrogen and oxygen atoms in total. The first-order valence-electron chi connectivity index (χ1n) is 6.80. The van der Waals surface area contributed by atoms with Gasteiger partial charge < -0.3 is 15.5 Å². The number of pyridine rings is 1. The smallest absolute Gasteiger partial charge is 0.245 e. The average molecular weight is 262 g/mol. The van der Waals surface area contributed by atoms with E-state index in [1.165, 1.54) is 0 Å². The zero-order chi connectivity index (χ0) is 13.9. The van der Waals surface area contributed by atoms with Gasteiger partial charge in [0.05, 0.1) is 23.8 Å². The second-order valence-electron chi connectivity index (χ2n) is 5.33. The fraction of sp³-hybridized carbons (Fsp3) is 0.571. The topological polar surface area (TPSA) is 57.3 Å². The highest BCUT2D eigenvalue weighted by Crippen LogP contribution is 2.27. The van der Waals surface area contributed by atoms with Crippen molar-refractivity contribution in [2.24, 2.45) is 0 Å². The lowest BCUT2D eigenvalue weighted by molar-refractivity contribution is -0.126. The van der Waals surface area contributed by atoms with E-state index in [0.717, 1.165) is 30.9 Å². The largest absolute Gasteiger partial charge is 0.384 e. The van der Waals surface area contributed by atoms with Crippen LogP contribution in [0.15, 0.2) is 18.5 Å². The summed E-state index contributed by atoms with van der Waals surface area (Å²) >= 11 is 0. The van der Waals surface area contributed by atoms with Crippen molar-refractivity contribution in [2.45, 2.75) is 32.7 Å². The molecule has 1 aromatic heterocycles. The number of nitrogens with one attached hydrogen (secondary N) is 2. The van der Waals surface area contributed by atoms with E-state index in [1.807, 2.05) is 26.2 Å². The maximum absolute atomic E-state index is 12.0. The lowest BCUT2D eigenvalue weighted by atomic mass is 9.98. The minimum atomic E-state index is -0.538. The number of hydrogen-bond donors (Lipinski definition) is 2. The molecule has 2 N–H and O–H groups in total. The Labute approximate surface area is 114 Å². The Kier molecular flexibility index (Phi) is 3.93. The van der Waals surface area contributed by atoms with Gasteiger partial charge in [0.2, 0.25) is 5.91 Å². The summed E-state index contributed by atoms with van der Waals surface area (Å²) < 4.78 is 0. The molecule has 1 fully saturated rings. The Bertz CT molecular complexity index is 459. The van der Waals surface area contributed by atoms with Crippen LogP contribution in [0.5, 0.6) is 0 Å².